The number of ether oxygens (including phenoxy) is 3. The first kappa shape index (κ1) is 26.3. The Balaban J connectivity index is 1.47. The molecule has 1 saturated heterocycles. The topological polar surface area (TPSA) is 118 Å². The van der Waals surface area contributed by atoms with E-state index >= 15 is 0 Å². The molecular formula is C27H30N6O5. The van der Waals surface area contributed by atoms with Crippen LogP contribution in [0.25, 0.3) is 0 Å². The summed E-state index contributed by atoms with van der Waals surface area (Å²) < 4.78 is 16.4. The fraction of sp³-hybridized carbons (Fsp3) is 0.259. The second-order valence-corrected chi connectivity index (χ2v) is 8.46. The Kier molecular flexibility index (Phi) is 8.27. The Morgan fingerprint density at radius 2 is 1.87 bits per heavy atom. The molecular weight excluding hydrogens is 488 g/mol. The minimum absolute atomic E-state index is 0.310. The van der Waals surface area contributed by atoms with Crippen LogP contribution < -0.4 is 25.0 Å². The van der Waals surface area contributed by atoms with E-state index in [0.717, 1.165) is 11.3 Å². The van der Waals surface area contributed by atoms with Crippen LogP contribution in [0.3, 0.4) is 0 Å². The number of methoxy groups -OCH3 is 2. The van der Waals surface area contributed by atoms with Crippen LogP contribution in [0.15, 0.2) is 61.3 Å². The van der Waals surface area contributed by atoms with Crippen LogP contribution in [-0.4, -0.2) is 67.3 Å². The zero-order valence-corrected chi connectivity index (χ0v) is 21.6. The lowest BCUT2D eigenvalue weighted by atomic mass is 10.2. The van der Waals surface area contributed by atoms with Crippen LogP contribution in [0.1, 0.15) is 5.56 Å². The lowest BCUT2D eigenvalue weighted by molar-refractivity contribution is -0.111. The first-order valence-electron chi connectivity index (χ1n) is 12.0. The molecule has 11 heteroatoms. The molecule has 0 aliphatic carbocycles. The minimum Gasteiger partial charge on any atom is -0.494 e. The van der Waals surface area contributed by atoms with Crippen LogP contribution in [-0.2, 0) is 9.53 Å². The number of hydrogen-bond donors (Lipinski definition) is 2. The van der Waals surface area contributed by atoms with Gasteiger partial charge in [-0.2, -0.15) is 4.98 Å². The molecule has 2 aromatic carbocycles. The Labute approximate surface area is 221 Å². The number of carbonyl (C=O) groups is 2. The van der Waals surface area contributed by atoms with Crippen LogP contribution in [0.4, 0.5) is 27.8 Å². The molecule has 4 rings (SSSR count). The van der Waals surface area contributed by atoms with E-state index in [-0.39, 0.29) is 12.0 Å². The van der Waals surface area contributed by atoms with Crippen molar-refractivity contribution in [3.05, 3.63) is 66.9 Å². The van der Waals surface area contributed by atoms with E-state index in [0.29, 0.717) is 60.9 Å². The third kappa shape index (κ3) is 6.30. The second kappa shape index (κ2) is 12.0. The van der Waals surface area contributed by atoms with Gasteiger partial charge in [0.25, 0.3) is 0 Å². The molecule has 2 N–H and O–H groups in total. The van der Waals surface area contributed by atoms with Crippen LogP contribution in [0, 0.1) is 6.92 Å². The van der Waals surface area contributed by atoms with Crippen molar-refractivity contribution in [2.45, 2.75) is 6.92 Å². The van der Waals surface area contributed by atoms with Crippen molar-refractivity contribution in [1.82, 2.24) is 14.9 Å². The zero-order chi connectivity index (χ0) is 27.1. The molecule has 2 amide bonds. The summed E-state index contributed by atoms with van der Waals surface area (Å²) in [6.07, 6.45) is 2.55. The minimum atomic E-state index is -0.310. The molecule has 11 nitrogen and oxygen atoms in total. The predicted octanol–water partition coefficient (Wildman–Crippen LogP) is 4.34. The predicted molar refractivity (Wildman–Crippen MR) is 145 cm³/mol. The van der Waals surface area contributed by atoms with Gasteiger partial charge in [0.2, 0.25) is 17.7 Å². The maximum Gasteiger partial charge on any atom is 0.409 e. The highest BCUT2D eigenvalue weighted by Gasteiger charge is 2.22. The number of piperazine rings is 1. The average molecular weight is 519 g/mol. The molecule has 1 aliphatic heterocycles. The zero-order valence-electron chi connectivity index (χ0n) is 21.6. The van der Waals surface area contributed by atoms with Gasteiger partial charge in [0.15, 0.2) is 0 Å². The number of anilines is 4. The molecule has 0 atom stereocenters. The number of hydrogen-bond acceptors (Lipinski definition) is 9. The highest BCUT2D eigenvalue weighted by molar-refractivity contribution is 5.98. The summed E-state index contributed by atoms with van der Waals surface area (Å²) in [5.74, 6) is 1.52. The van der Waals surface area contributed by atoms with E-state index in [4.69, 9.17) is 14.2 Å². The number of rotatable bonds is 8. The summed E-state index contributed by atoms with van der Waals surface area (Å²) >= 11 is 0. The van der Waals surface area contributed by atoms with Gasteiger partial charge in [-0.05, 0) is 37.3 Å². The number of carbonyl (C=O) groups excluding carboxylic acids is 2. The van der Waals surface area contributed by atoms with E-state index in [1.54, 1.807) is 42.5 Å². The van der Waals surface area contributed by atoms with Gasteiger partial charge in [-0.15, -0.1) is 0 Å². The number of nitrogens with one attached hydrogen (secondary N) is 2. The van der Waals surface area contributed by atoms with E-state index < -0.39 is 0 Å². The highest BCUT2D eigenvalue weighted by Crippen LogP contribution is 2.33. The number of benzene rings is 2. The van der Waals surface area contributed by atoms with Gasteiger partial charge in [0, 0.05) is 61.4 Å². The van der Waals surface area contributed by atoms with Gasteiger partial charge in [-0.1, -0.05) is 12.6 Å². The third-order valence-corrected chi connectivity index (χ3v) is 5.94. The van der Waals surface area contributed by atoms with Gasteiger partial charge < -0.3 is 34.6 Å². The summed E-state index contributed by atoms with van der Waals surface area (Å²) in [5, 5.41) is 5.90. The Morgan fingerprint density at radius 1 is 1.08 bits per heavy atom. The van der Waals surface area contributed by atoms with Gasteiger partial charge in [-0.3, -0.25) is 4.79 Å². The van der Waals surface area contributed by atoms with E-state index in [9.17, 15) is 9.59 Å². The number of nitrogens with zero attached hydrogens (tertiary/aromatic N) is 4. The third-order valence-electron chi connectivity index (χ3n) is 5.94. The van der Waals surface area contributed by atoms with Crippen molar-refractivity contribution in [1.29, 1.82) is 0 Å². The molecule has 0 spiro atoms. The van der Waals surface area contributed by atoms with Crippen LogP contribution >= 0.6 is 0 Å². The molecule has 1 fully saturated rings. The molecule has 198 valence electrons. The number of aromatic nitrogens is 2. The van der Waals surface area contributed by atoms with E-state index in [1.807, 2.05) is 25.1 Å². The molecule has 1 aliphatic rings. The SMILES string of the molecule is C=CC(=O)Nc1cccc(Oc2nc(Nc3ccc(N4CCN(C(=O)OC)CC4)cc3OC)ncc2C)c1. The first-order valence-corrected chi connectivity index (χ1v) is 12.0. The lowest BCUT2D eigenvalue weighted by Crippen LogP contribution is -2.48. The molecule has 1 aromatic heterocycles. The highest BCUT2D eigenvalue weighted by atomic mass is 16.5. The quantitative estimate of drug-likeness (QED) is 0.420. The van der Waals surface area contributed by atoms with Gasteiger partial charge in [0.05, 0.1) is 19.9 Å². The van der Waals surface area contributed by atoms with Crippen LogP contribution in [0.5, 0.6) is 17.4 Å². The largest absolute Gasteiger partial charge is 0.494 e. The van der Waals surface area contributed by atoms with E-state index in [2.05, 4.69) is 32.1 Å². The van der Waals surface area contributed by atoms with Crippen molar-refractivity contribution >= 4 is 35.0 Å². The van der Waals surface area contributed by atoms with Crippen molar-refractivity contribution in [2.75, 3.05) is 55.9 Å². The number of amides is 2. The Bertz CT molecular complexity index is 1320. The fourth-order valence-corrected chi connectivity index (χ4v) is 3.91. The van der Waals surface area contributed by atoms with Gasteiger partial charge >= 0.3 is 6.09 Å². The summed E-state index contributed by atoms with van der Waals surface area (Å²) in [6.45, 7) is 7.84. The number of aryl methyl sites for hydroxylation is 1. The molecule has 2 heterocycles. The monoisotopic (exact) mass is 518 g/mol. The maximum absolute atomic E-state index is 11.8. The Morgan fingerprint density at radius 3 is 2.58 bits per heavy atom. The molecule has 0 saturated carbocycles. The smallest absolute Gasteiger partial charge is 0.409 e. The van der Waals surface area contributed by atoms with Gasteiger partial charge in [0.1, 0.15) is 11.5 Å². The van der Waals surface area contributed by atoms with Crippen LogP contribution in [0.2, 0.25) is 0 Å². The molecule has 0 unspecified atom stereocenters. The maximum atomic E-state index is 11.8. The van der Waals surface area contributed by atoms with E-state index in [1.165, 1.54) is 13.2 Å². The van der Waals surface area contributed by atoms with Crippen molar-refractivity contribution in [2.24, 2.45) is 0 Å². The molecule has 3 aromatic rings. The molecule has 0 bridgehead atoms. The standard InChI is InChI=1S/C27H30N6O5/c1-5-24(34)29-19-7-6-8-21(15-19)38-25-18(2)17-28-26(31-25)30-22-10-9-20(16-23(22)36-3)32-11-13-33(14-12-32)27(35)37-4/h5-10,15-17H,1,11-14H2,2-4H3,(H,29,34)(H,28,30,31). The summed E-state index contributed by atoms with van der Waals surface area (Å²) in [6, 6.07) is 12.8. The second-order valence-electron chi connectivity index (χ2n) is 8.46. The fourth-order valence-electron chi connectivity index (χ4n) is 3.91. The molecule has 0 radical (unpaired) electrons. The van der Waals surface area contributed by atoms with Gasteiger partial charge in [-0.25, -0.2) is 9.78 Å². The summed E-state index contributed by atoms with van der Waals surface area (Å²) in [7, 11) is 2.99. The summed E-state index contributed by atoms with van der Waals surface area (Å²) in [4.78, 5) is 36.1. The normalized spacial score (nSPS) is 12.9. The lowest BCUT2D eigenvalue weighted by Gasteiger charge is -2.35. The van der Waals surface area contributed by atoms with Crippen molar-refractivity contribution in [3.63, 3.8) is 0 Å². The Hall–Kier alpha value is -4.80. The van der Waals surface area contributed by atoms with Crippen molar-refractivity contribution in [3.8, 4) is 17.4 Å². The molecule has 38 heavy (non-hydrogen) atoms. The summed E-state index contributed by atoms with van der Waals surface area (Å²) in [5.41, 5.74) is 2.99. The average Bonchev–Trinajstić information content (AvgIpc) is 2.94. The van der Waals surface area contributed by atoms with Crippen molar-refractivity contribution < 1.29 is 23.8 Å². The first-order chi connectivity index (χ1) is 18.4.